The molecule has 0 aliphatic heterocycles. The van der Waals surface area contributed by atoms with Gasteiger partial charge in [-0.1, -0.05) is 26.0 Å². The SMILES string of the molecule is CC(C)CC(N)C(=O)Nc1cccc(-c2ccnc(N)n2)c1. The number of rotatable bonds is 5. The third kappa shape index (κ3) is 4.26. The van der Waals surface area contributed by atoms with Crippen molar-refractivity contribution in [2.75, 3.05) is 11.1 Å². The fourth-order valence-electron chi connectivity index (χ4n) is 2.14. The lowest BCUT2D eigenvalue weighted by atomic mass is 10.0. The van der Waals surface area contributed by atoms with Gasteiger partial charge < -0.3 is 16.8 Å². The first-order valence-corrected chi connectivity index (χ1v) is 7.21. The minimum Gasteiger partial charge on any atom is -0.368 e. The van der Waals surface area contributed by atoms with Gasteiger partial charge in [0.1, 0.15) is 0 Å². The van der Waals surface area contributed by atoms with Crippen molar-refractivity contribution in [3.63, 3.8) is 0 Å². The van der Waals surface area contributed by atoms with Gasteiger partial charge in [-0.25, -0.2) is 9.97 Å². The highest BCUT2D eigenvalue weighted by Crippen LogP contribution is 2.21. The number of nitrogens with zero attached hydrogens (tertiary/aromatic N) is 2. The molecule has 2 rings (SSSR count). The van der Waals surface area contributed by atoms with Crippen LogP contribution in [0.1, 0.15) is 20.3 Å². The molecular formula is C16H21N5O. The molecule has 1 unspecified atom stereocenters. The molecule has 116 valence electrons. The Bertz CT molecular complexity index is 656. The van der Waals surface area contributed by atoms with Crippen molar-refractivity contribution in [1.82, 2.24) is 9.97 Å². The number of nitrogen functional groups attached to an aromatic ring is 1. The molecule has 0 saturated heterocycles. The predicted octanol–water partition coefficient (Wildman–Crippen LogP) is 2.04. The highest BCUT2D eigenvalue weighted by Gasteiger charge is 2.15. The first kappa shape index (κ1) is 15.9. The van der Waals surface area contributed by atoms with E-state index in [4.69, 9.17) is 11.5 Å². The molecule has 0 spiro atoms. The first-order chi connectivity index (χ1) is 10.5. The van der Waals surface area contributed by atoms with Gasteiger partial charge in [0, 0.05) is 17.4 Å². The van der Waals surface area contributed by atoms with Crippen molar-refractivity contribution in [1.29, 1.82) is 0 Å². The Morgan fingerprint density at radius 2 is 2.09 bits per heavy atom. The number of carbonyl (C=O) groups excluding carboxylic acids is 1. The molecular weight excluding hydrogens is 278 g/mol. The third-order valence-electron chi connectivity index (χ3n) is 3.16. The lowest BCUT2D eigenvalue weighted by Gasteiger charge is -2.14. The standard InChI is InChI=1S/C16H21N5O/c1-10(2)8-13(17)15(22)20-12-5-3-4-11(9-12)14-6-7-19-16(18)21-14/h3-7,9-10,13H,8,17H2,1-2H3,(H,20,22)(H2,18,19,21). The molecule has 0 bridgehead atoms. The summed E-state index contributed by atoms with van der Waals surface area (Å²) in [5.41, 5.74) is 13.7. The van der Waals surface area contributed by atoms with E-state index in [1.807, 2.05) is 38.1 Å². The maximum absolute atomic E-state index is 12.1. The summed E-state index contributed by atoms with van der Waals surface area (Å²) >= 11 is 0. The van der Waals surface area contributed by atoms with Gasteiger partial charge in [-0.3, -0.25) is 4.79 Å². The molecule has 1 amide bonds. The Kier molecular flexibility index (Phi) is 5.06. The molecule has 22 heavy (non-hydrogen) atoms. The van der Waals surface area contributed by atoms with Crippen LogP contribution in [-0.2, 0) is 4.79 Å². The second kappa shape index (κ2) is 7.00. The van der Waals surface area contributed by atoms with Gasteiger partial charge in [0.2, 0.25) is 11.9 Å². The highest BCUT2D eigenvalue weighted by molar-refractivity contribution is 5.95. The van der Waals surface area contributed by atoms with Crippen LogP contribution in [-0.4, -0.2) is 21.9 Å². The summed E-state index contributed by atoms with van der Waals surface area (Å²) in [5, 5.41) is 2.83. The number of anilines is 2. The summed E-state index contributed by atoms with van der Waals surface area (Å²) < 4.78 is 0. The quantitative estimate of drug-likeness (QED) is 0.783. The van der Waals surface area contributed by atoms with E-state index in [2.05, 4.69) is 15.3 Å². The number of carbonyl (C=O) groups is 1. The van der Waals surface area contributed by atoms with Gasteiger partial charge in [-0.2, -0.15) is 0 Å². The monoisotopic (exact) mass is 299 g/mol. The van der Waals surface area contributed by atoms with E-state index >= 15 is 0 Å². The zero-order valence-electron chi connectivity index (χ0n) is 12.8. The molecule has 6 heteroatoms. The molecule has 1 atom stereocenters. The summed E-state index contributed by atoms with van der Waals surface area (Å²) in [4.78, 5) is 20.1. The average Bonchev–Trinajstić information content (AvgIpc) is 2.47. The molecule has 1 heterocycles. The molecule has 1 aromatic heterocycles. The second-order valence-corrected chi connectivity index (χ2v) is 5.61. The average molecular weight is 299 g/mol. The van der Waals surface area contributed by atoms with Crippen LogP contribution >= 0.6 is 0 Å². The Morgan fingerprint density at radius 3 is 2.77 bits per heavy atom. The number of nitrogens with one attached hydrogen (secondary N) is 1. The topological polar surface area (TPSA) is 107 Å². The number of amides is 1. The fourth-order valence-corrected chi connectivity index (χ4v) is 2.14. The van der Waals surface area contributed by atoms with Gasteiger partial charge in [0.25, 0.3) is 0 Å². The summed E-state index contributed by atoms with van der Waals surface area (Å²) in [6, 6.07) is 8.64. The van der Waals surface area contributed by atoms with Gasteiger partial charge in [-0.15, -0.1) is 0 Å². The highest BCUT2D eigenvalue weighted by atomic mass is 16.2. The zero-order chi connectivity index (χ0) is 16.1. The predicted molar refractivity (Wildman–Crippen MR) is 87.9 cm³/mol. The van der Waals surface area contributed by atoms with E-state index in [9.17, 15) is 4.79 Å². The van der Waals surface area contributed by atoms with Crippen LogP contribution in [0.15, 0.2) is 36.5 Å². The Labute approximate surface area is 130 Å². The van der Waals surface area contributed by atoms with Crippen molar-refractivity contribution in [2.24, 2.45) is 11.7 Å². The normalized spacial score (nSPS) is 12.2. The van der Waals surface area contributed by atoms with Crippen molar-refractivity contribution < 1.29 is 4.79 Å². The van der Waals surface area contributed by atoms with Gasteiger partial charge in [-0.05, 0) is 30.5 Å². The minimum atomic E-state index is -0.515. The Balaban J connectivity index is 2.13. The smallest absolute Gasteiger partial charge is 0.241 e. The fraction of sp³-hybridized carbons (Fsp3) is 0.312. The van der Waals surface area contributed by atoms with Crippen LogP contribution in [0, 0.1) is 5.92 Å². The molecule has 0 radical (unpaired) electrons. The van der Waals surface area contributed by atoms with E-state index in [0.717, 1.165) is 5.56 Å². The first-order valence-electron chi connectivity index (χ1n) is 7.21. The summed E-state index contributed by atoms with van der Waals surface area (Å²) in [6.07, 6.45) is 2.25. The lowest BCUT2D eigenvalue weighted by molar-refractivity contribution is -0.117. The molecule has 0 aliphatic carbocycles. The maximum atomic E-state index is 12.1. The number of aromatic nitrogens is 2. The molecule has 6 nitrogen and oxygen atoms in total. The summed E-state index contributed by atoms with van der Waals surface area (Å²) in [7, 11) is 0. The van der Waals surface area contributed by atoms with E-state index in [1.165, 1.54) is 0 Å². The van der Waals surface area contributed by atoms with Crippen molar-refractivity contribution in [3.8, 4) is 11.3 Å². The van der Waals surface area contributed by atoms with Crippen molar-refractivity contribution >= 4 is 17.5 Å². The maximum Gasteiger partial charge on any atom is 0.241 e. The second-order valence-electron chi connectivity index (χ2n) is 5.61. The largest absolute Gasteiger partial charge is 0.368 e. The van der Waals surface area contributed by atoms with Crippen LogP contribution in [0.4, 0.5) is 11.6 Å². The third-order valence-corrected chi connectivity index (χ3v) is 3.16. The summed E-state index contributed by atoms with van der Waals surface area (Å²) in [5.74, 6) is 0.398. The van der Waals surface area contributed by atoms with Crippen molar-refractivity contribution in [3.05, 3.63) is 36.5 Å². The Hall–Kier alpha value is -2.47. The Morgan fingerprint density at radius 1 is 1.32 bits per heavy atom. The van der Waals surface area contributed by atoms with Crippen LogP contribution in [0.2, 0.25) is 0 Å². The van der Waals surface area contributed by atoms with Crippen LogP contribution < -0.4 is 16.8 Å². The molecule has 1 aromatic carbocycles. The number of hydrogen-bond acceptors (Lipinski definition) is 5. The van der Waals surface area contributed by atoms with Gasteiger partial charge >= 0.3 is 0 Å². The van der Waals surface area contributed by atoms with E-state index < -0.39 is 6.04 Å². The van der Waals surface area contributed by atoms with E-state index in [-0.39, 0.29) is 11.9 Å². The van der Waals surface area contributed by atoms with Crippen molar-refractivity contribution in [2.45, 2.75) is 26.3 Å². The van der Waals surface area contributed by atoms with E-state index in [1.54, 1.807) is 12.3 Å². The number of nitrogens with two attached hydrogens (primary N) is 2. The minimum absolute atomic E-state index is 0.187. The molecule has 5 N–H and O–H groups in total. The molecule has 0 fully saturated rings. The van der Waals surface area contributed by atoms with Crippen LogP contribution in [0.25, 0.3) is 11.3 Å². The molecule has 0 saturated carbocycles. The number of benzene rings is 1. The van der Waals surface area contributed by atoms with E-state index in [0.29, 0.717) is 23.7 Å². The van der Waals surface area contributed by atoms with Gasteiger partial charge in [0.15, 0.2) is 0 Å². The molecule has 0 aliphatic rings. The lowest BCUT2D eigenvalue weighted by Crippen LogP contribution is -2.36. The number of hydrogen-bond donors (Lipinski definition) is 3. The zero-order valence-corrected chi connectivity index (χ0v) is 12.8. The van der Waals surface area contributed by atoms with Crippen LogP contribution in [0.5, 0.6) is 0 Å². The summed E-state index contributed by atoms with van der Waals surface area (Å²) in [6.45, 7) is 4.07. The van der Waals surface area contributed by atoms with Crippen LogP contribution in [0.3, 0.4) is 0 Å². The van der Waals surface area contributed by atoms with Gasteiger partial charge in [0.05, 0.1) is 11.7 Å². The molecule has 2 aromatic rings.